The number of carbonyl (C=O) groups excluding carboxylic acids is 1. The normalized spacial score (nSPS) is 10.8. The lowest BCUT2D eigenvalue weighted by molar-refractivity contribution is -0.120. The minimum atomic E-state index is -0.0985. The first-order chi connectivity index (χ1) is 7.74. The Kier molecular flexibility index (Phi) is 9.00. The maximum atomic E-state index is 11.3. The fraction of sp³-hybridized carbons (Fsp3) is 0.600. The van der Waals surface area contributed by atoms with Gasteiger partial charge in [0.1, 0.15) is 0 Å². The molecule has 0 radical (unpaired) electrons. The van der Waals surface area contributed by atoms with Crippen molar-refractivity contribution in [2.24, 2.45) is 4.99 Å². The molecule has 0 aromatic rings. The van der Waals surface area contributed by atoms with E-state index in [9.17, 15) is 4.79 Å². The first-order valence-corrected chi connectivity index (χ1v) is 5.05. The van der Waals surface area contributed by atoms with E-state index in [2.05, 4.69) is 27.5 Å². The molecule has 0 saturated heterocycles. The molecule has 0 atom stereocenters. The van der Waals surface area contributed by atoms with Gasteiger partial charge >= 0.3 is 0 Å². The van der Waals surface area contributed by atoms with Gasteiger partial charge in [0.15, 0.2) is 5.96 Å². The summed E-state index contributed by atoms with van der Waals surface area (Å²) in [5.41, 5.74) is 0. The molecule has 0 rings (SSSR count). The highest BCUT2D eigenvalue weighted by molar-refractivity contribution is 5.86. The number of ether oxygens (including phenoxy) is 1. The Balaban J connectivity index is 3.67. The Morgan fingerprint density at radius 2 is 2.19 bits per heavy atom. The lowest BCUT2D eigenvalue weighted by atomic mass is 10.5. The van der Waals surface area contributed by atoms with Gasteiger partial charge in [0, 0.05) is 27.2 Å². The summed E-state index contributed by atoms with van der Waals surface area (Å²) in [7, 11) is 3.23. The highest BCUT2D eigenvalue weighted by Crippen LogP contribution is 1.71. The molecule has 0 aliphatic rings. The average Bonchev–Trinajstić information content (AvgIpc) is 2.30. The number of carbonyl (C=O) groups is 1. The topological polar surface area (TPSA) is 74.8 Å². The summed E-state index contributed by atoms with van der Waals surface area (Å²) in [5, 5.41) is 8.52. The van der Waals surface area contributed by atoms with Crippen LogP contribution in [0.4, 0.5) is 0 Å². The molecule has 0 aromatic carbocycles. The van der Waals surface area contributed by atoms with Crippen LogP contribution in [0.2, 0.25) is 0 Å². The van der Waals surface area contributed by atoms with Crippen LogP contribution in [0.25, 0.3) is 0 Å². The molecule has 0 aliphatic heterocycles. The van der Waals surface area contributed by atoms with Crippen LogP contribution in [0.15, 0.2) is 17.6 Å². The van der Waals surface area contributed by atoms with Crippen LogP contribution >= 0.6 is 0 Å². The van der Waals surface area contributed by atoms with Gasteiger partial charge in [0.2, 0.25) is 5.91 Å². The molecule has 0 unspecified atom stereocenters. The lowest BCUT2D eigenvalue weighted by Crippen LogP contribution is -2.43. The zero-order valence-corrected chi connectivity index (χ0v) is 9.88. The molecule has 0 fully saturated rings. The van der Waals surface area contributed by atoms with Crippen LogP contribution in [-0.4, -0.2) is 52.3 Å². The van der Waals surface area contributed by atoms with Crippen molar-refractivity contribution in [2.75, 3.05) is 40.4 Å². The fourth-order valence-electron chi connectivity index (χ4n) is 0.908. The molecule has 0 aliphatic carbocycles. The van der Waals surface area contributed by atoms with E-state index in [1.165, 1.54) is 0 Å². The minimum absolute atomic E-state index is 0.0985. The van der Waals surface area contributed by atoms with Crippen molar-refractivity contribution < 1.29 is 9.53 Å². The maximum absolute atomic E-state index is 11.3. The van der Waals surface area contributed by atoms with Gasteiger partial charge in [-0.1, -0.05) is 6.08 Å². The van der Waals surface area contributed by atoms with Gasteiger partial charge in [-0.25, -0.2) is 0 Å². The van der Waals surface area contributed by atoms with Crippen molar-refractivity contribution in [3.05, 3.63) is 12.7 Å². The van der Waals surface area contributed by atoms with Crippen molar-refractivity contribution in [3.8, 4) is 0 Å². The summed E-state index contributed by atoms with van der Waals surface area (Å²) in [6, 6.07) is 0. The largest absolute Gasteiger partial charge is 0.383 e. The third-order valence-electron chi connectivity index (χ3n) is 1.68. The van der Waals surface area contributed by atoms with E-state index in [0.717, 1.165) is 0 Å². The second-order valence-corrected chi connectivity index (χ2v) is 2.94. The predicted octanol–water partition coefficient (Wildman–Crippen LogP) is -0.900. The second-order valence-electron chi connectivity index (χ2n) is 2.94. The van der Waals surface area contributed by atoms with Gasteiger partial charge in [-0.05, 0) is 0 Å². The molecule has 92 valence electrons. The van der Waals surface area contributed by atoms with Crippen LogP contribution in [0.3, 0.4) is 0 Å². The number of aliphatic imine (C=N–C) groups is 1. The van der Waals surface area contributed by atoms with E-state index in [-0.39, 0.29) is 12.5 Å². The van der Waals surface area contributed by atoms with Crippen LogP contribution in [0, 0.1) is 0 Å². The Labute approximate surface area is 96.2 Å². The van der Waals surface area contributed by atoms with Crippen LogP contribution in [0.5, 0.6) is 0 Å². The van der Waals surface area contributed by atoms with Gasteiger partial charge < -0.3 is 20.7 Å². The molecular formula is C10H20N4O2. The van der Waals surface area contributed by atoms with Gasteiger partial charge in [-0.3, -0.25) is 9.79 Å². The molecule has 3 N–H and O–H groups in total. The monoisotopic (exact) mass is 228 g/mol. The smallest absolute Gasteiger partial charge is 0.239 e. The number of amides is 1. The predicted molar refractivity (Wildman–Crippen MR) is 64.4 cm³/mol. The summed E-state index contributed by atoms with van der Waals surface area (Å²) >= 11 is 0. The Morgan fingerprint density at radius 1 is 1.44 bits per heavy atom. The highest BCUT2D eigenvalue weighted by atomic mass is 16.5. The number of nitrogens with zero attached hydrogens (tertiary/aromatic N) is 1. The first-order valence-electron chi connectivity index (χ1n) is 5.05. The summed E-state index contributed by atoms with van der Waals surface area (Å²) in [4.78, 5) is 15.2. The lowest BCUT2D eigenvalue weighted by Gasteiger charge is -2.10. The Bertz CT molecular complexity index is 241. The average molecular weight is 228 g/mol. The highest BCUT2D eigenvalue weighted by Gasteiger charge is 2.01. The molecule has 16 heavy (non-hydrogen) atoms. The molecule has 0 heterocycles. The maximum Gasteiger partial charge on any atom is 0.239 e. The number of rotatable bonds is 7. The van der Waals surface area contributed by atoms with Crippen LogP contribution in [0.1, 0.15) is 0 Å². The summed E-state index contributed by atoms with van der Waals surface area (Å²) in [5.74, 6) is 0.473. The Morgan fingerprint density at radius 3 is 2.75 bits per heavy atom. The third-order valence-corrected chi connectivity index (χ3v) is 1.68. The van der Waals surface area contributed by atoms with Crippen LogP contribution < -0.4 is 16.0 Å². The molecule has 1 amide bonds. The number of methoxy groups -OCH3 is 1. The quantitative estimate of drug-likeness (QED) is 0.228. The molecular weight excluding hydrogens is 208 g/mol. The van der Waals surface area contributed by atoms with E-state index in [1.54, 1.807) is 20.2 Å². The molecule has 6 nitrogen and oxygen atoms in total. The SMILES string of the molecule is C=CCNC(=NC)NCC(=O)NCCOC. The zero-order valence-electron chi connectivity index (χ0n) is 9.88. The summed E-state index contributed by atoms with van der Waals surface area (Å²) < 4.78 is 4.81. The Hall–Kier alpha value is -1.56. The van der Waals surface area contributed by atoms with Crippen molar-refractivity contribution in [3.63, 3.8) is 0 Å². The standard InChI is InChI=1S/C10H20N4O2/c1-4-5-13-10(11-2)14-8-9(15)12-6-7-16-3/h4H,1,5-8H2,2-3H3,(H,12,15)(H2,11,13,14). The number of guanidine groups is 1. The van der Waals surface area contributed by atoms with E-state index in [0.29, 0.717) is 25.7 Å². The summed E-state index contributed by atoms with van der Waals surface area (Å²) in [6.45, 7) is 5.38. The van der Waals surface area contributed by atoms with E-state index >= 15 is 0 Å². The number of hydrogen-bond acceptors (Lipinski definition) is 3. The van der Waals surface area contributed by atoms with Gasteiger partial charge in [0.25, 0.3) is 0 Å². The van der Waals surface area contributed by atoms with E-state index < -0.39 is 0 Å². The van der Waals surface area contributed by atoms with Crippen molar-refractivity contribution >= 4 is 11.9 Å². The second kappa shape index (κ2) is 9.97. The molecule has 0 saturated carbocycles. The van der Waals surface area contributed by atoms with Gasteiger partial charge in [-0.2, -0.15) is 0 Å². The van der Waals surface area contributed by atoms with E-state index in [1.807, 2.05) is 0 Å². The number of nitrogens with one attached hydrogen (secondary N) is 3. The molecule has 0 bridgehead atoms. The zero-order chi connectivity index (χ0) is 12.2. The third kappa shape index (κ3) is 7.81. The molecule has 6 heteroatoms. The van der Waals surface area contributed by atoms with Crippen molar-refractivity contribution in [2.45, 2.75) is 0 Å². The molecule has 0 spiro atoms. The van der Waals surface area contributed by atoms with E-state index in [4.69, 9.17) is 4.74 Å². The van der Waals surface area contributed by atoms with Gasteiger partial charge in [0.05, 0.1) is 13.2 Å². The molecule has 0 aromatic heterocycles. The summed E-state index contributed by atoms with van der Waals surface area (Å²) in [6.07, 6.45) is 1.71. The number of hydrogen-bond donors (Lipinski definition) is 3. The fourth-order valence-corrected chi connectivity index (χ4v) is 0.908. The van der Waals surface area contributed by atoms with Gasteiger partial charge in [-0.15, -0.1) is 6.58 Å². The van der Waals surface area contributed by atoms with Crippen molar-refractivity contribution in [1.82, 2.24) is 16.0 Å². The minimum Gasteiger partial charge on any atom is -0.383 e. The van der Waals surface area contributed by atoms with Crippen molar-refractivity contribution in [1.29, 1.82) is 0 Å². The van der Waals surface area contributed by atoms with Crippen LogP contribution in [-0.2, 0) is 9.53 Å². The first kappa shape index (κ1) is 14.4.